The molecule has 0 fully saturated rings. The van der Waals surface area contributed by atoms with Crippen molar-refractivity contribution in [1.29, 1.82) is 0 Å². The Hall–Kier alpha value is -6.58. The average molecular weight is 1000 g/mol. The number of aromatic nitrogens is 5. The first kappa shape index (κ1) is 43.1. The van der Waals surface area contributed by atoms with Crippen molar-refractivity contribution >= 4 is 21.8 Å². The Morgan fingerprint density at radius 2 is 0.889 bits per heavy atom. The van der Waals surface area contributed by atoms with Crippen LogP contribution in [0.5, 0.6) is 23.0 Å². The number of nitrogens with zero attached hydrogens (tertiary/aromatic N) is 5. The zero-order valence-corrected chi connectivity index (χ0v) is 37.3. The fourth-order valence-electron chi connectivity index (χ4n) is 7.87. The van der Waals surface area contributed by atoms with E-state index in [2.05, 4.69) is 84.5 Å². The van der Waals surface area contributed by atoms with Crippen molar-refractivity contribution in [3.63, 3.8) is 0 Å². The standard InChI is InChI=1S/C54H37N5O2.2Pd/c1-3-36-30-40(46-20-11-13-26-55-46)32-50(52(36)38-16-7-5-8-17-38)60-42-22-24-44-45-25-23-43(35-49(45)59(48(44)34-42)54-57-28-15-29-58-54)61-51-33-41(47-21-12-14-27-56-47)31-37(4-2)53(51)39-18-9-6-10-19-39;;/h5-31H,3-4H2,1-2H3;;/q-4;2*+2. The number of rotatable bonds is 11. The summed E-state index contributed by atoms with van der Waals surface area (Å²) in [5.41, 5.74) is 11.1. The van der Waals surface area contributed by atoms with Gasteiger partial charge in [-0.25, -0.2) is 9.97 Å². The Labute approximate surface area is 394 Å². The fourth-order valence-corrected chi connectivity index (χ4v) is 7.87. The molecule has 0 saturated heterocycles. The second kappa shape index (κ2) is 19.2. The molecule has 0 unspecified atom stereocenters. The Balaban J connectivity index is 0.00000272. The predicted octanol–water partition coefficient (Wildman–Crippen LogP) is 12.9. The minimum absolute atomic E-state index is 0. The number of hydrogen-bond acceptors (Lipinski definition) is 6. The van der Waals surface area contributed by atoms with E-state index in [4.69, 9.17) is 19.4 Å². The summed E-state index contributed by atoms with van der Waals surface area (Å²) in [5, 5.41) is 1.87. The molecule has 10 aromatic rings. The van der Waals surface area contributed by atoms with Crippen LogP contribution in [0.4, 0.5) is 0 Å². The molecule has 0 aliphatic rings. The summed E-state index contributed by atoms with van der Waals surface area (Å²) in [7, 11) is 0. The molecule has 4 aromatic heterocycles. The van der Waals surface area contributed by atoms with Gasteiger partial charge < -0.3 is 24.0 Å². The second-order valence-electron chi connectivity index (χ2n) is 14.5. The minimum atomic E-state index is 0. The molecular weight excluding hydrogens is 963 g/mol. The Kier molecular flexibility index (Phi) is 13.1. The first-order valence-electron chi connectivity index (χ1n) is 20.3. The molecule has 4 heterocycles. The quantitative estimate of drug-likeness (QED) is 0.0949. The predicted molar refractivity (Wildman–Crippen MR) is 241 cm³/mol. The molecule has 0 aliphatic carbocycles. The van der Waals surface area contributed by atoms with Crippen LogP contribution in [0, 0.1) is 24.3 Å². The molecule has 0 saturated carbocycles. The largest absolute Gasteiger partial charge is 2.00 e. The molecule has 0 N–H and O–H groups in total. The fraction of sp³-hybridized carbons (Fsp3) is 0.0741. The first-order chi connectivity index (χ1) is 30.1. The topological polar surface area (TPSA) is 75.0 Å². The van der Waals surface area contributed by atoms with E-state index in [0.717, 1.165) is 90.5 Å². The third-order valence-corrected chi connectivity index (χ3v) is 10.7. The van der Waals surface area contributed by atoms with Crippen molar-refractivity contribution in [1.82, 2.24) is 24.5 Å². The van der Waals surface area contributed by atoms with Crippen LogP contribution in [0.3, 0.4) is 0 Å². The van der Waals surface area contributed by atoms with E-state index in [1.807, 2.05) is 102 Å². The normalized spacial score (nSPS) is 10.9. The molecule has 0 amide bonds. The monoisotopic (exact) mass is 999 g/mol. The molecule has 10 rings (SSSR count). The van der Waals surface area contributed by atoms with Gasteiger partial charge in [0.05, 0.1) is 0 Å². The Bertz CT molecular complexity index is 2960. The zero-order chi connectivity index (χ0) is 41.1. The van der Waals surface area contributed by atoms with Gasteiger partial charge in [0.15, 0.2) is 0 Å². The van der Waals surface area contributed by atoms with E-state index in [-0.39, 0.29) is 40.8 Å². The van der Waals surface area contributed by atoms with Crippen LogP contribution < -0.4 is 9.47 Å². The molecule has 0 bridgehead atoms. The van der Waals surface area contributed by atoms with Crippen LogP contribution in [-0.2, 0) is 53.7 Å². The summed E-state index contributed by atoms with van der Waals surface area (Å²) in [5.74, 6) is 2.67. The molecule has 0 radical (unpaired) electrons. The Morgan fingerprint density at radius 3 is 1.30 bits per heavy atom. The van der Waals surface area contributed by atoms with Gasteiger partial charge in [-0.15, -0.1) is 58.7 Å². The van der Waals surface area contributed by atoms with Crippen molar-refractivity contribution in [2.75, 3.05) is 0 Å². The first-order valence-corrected chi connectivity index (χ1v) is 20.3. The number of pyridine rings is 2. The summed E-state index contributed by atoms with van der Waals surface area (Å²) >= 11 is 0. The van der Waals surface area contributed by atoms with Gasteiger partial charge in [-0.05, 0) is 42.4 Å². The molecule has 7 nitrogen and oxygen atoms in total. The van der Waals surface area contributed by atoms with Crippen molar-refractivity contribution in [3.8, 4) is 73.7 Å². The number of benzene rings is 6. The Morgan fingerprint density at radius 1 is 0.460 bits per heavy atom. The third kappa shape index (κ3) is 8.63. The van der Waals surface area contributed by atoms with E-state index < -0.39 is 0 Å². The summed E-state index contributed by atoms with van der Waals surface area (Å²) in [6.45, 7) is 4.30. The van der Waals surface area contributed by atoms with E-state index in [1.165, 1.54) is 0 Å². The third-order valence-electron chi connectivity index (χ3n) is 10.7. The van der Waals surface area contributed by atoms with Crippen LogP contribution >= 0.6 is 0 Å². The van der Waals surface area contributed by atoms with Gasteiger partial charge in [0.2, 0.25) is 5.95 Å². The van der Waals surface area contributed by atoms with Crippen molar-refractivity contribution in [2.24, 2.45) is 0 Å². The summed E-state index contributed by atoms with van der Waals surface area (Å²) < 4.78 is 15.7. The number of hydrogen-bond donors (Lipinski definition) is 0. The molecule has 0 spiro atoms. The molecule has 310 valence electrons. The zero-order valence-electron chi connectivity index (χ0n) is 34.2. The van der Waals surface area contributed by atoms with E-state index in [9.17, 15) is 0 Å². The van der Waals surface area contributed by atoms with Gasteiger partial charge in [-0.1, -0.05) is 144 Å². The van der Waals surface area contributed by atoms with Crippen LogP contribution in [0.25, 0.3) is 72.5 Å². The summed E-state index contributed by atoms with van der Waals surface area (Å²) in [4.78, 5) is 18.7. The SMILES string of the molecule is CCc1cc(-c2ccccn2)[c-]c(Oc2[c-]c3c(cc2)c2ccc(Oc4[c-]c(-c5ccccn5)cc(CC)c4-c4ccccc4)[c-]c2n3-c2ncccn2)c1-c1ccccc1.[Pd+2].[Pd+2]. The van der Waals surface area contributed by atoms with E-state index in [0.29, 0.717) is 28.9 Å². The molecule has 63 heavy (non-hydrogen) atoms. The molecule has 0 aliphatic heterocycles. The van der Waals surface area contributed by atoms with Crippen LogP contribution in [0.15, 0.2) is 164 Å². The van der Waals surface area contributed by atoms with Gasteiger partial charge in [-0.2, -0.15) is 22.9 Å². The average Bonchev–Trinajstić information content (AvgIpc) is 3.65. The van der Waals surface area contributed by atoms with E-state index >= 15 is 0 Å². The van der Waals surface area contributed by atoms with Crippen molar-refractivity contribution < 1.29 is 50.3 Å². The van der Waals surface area contributed by atoms with Crippen molar-refractivity contribution in [3.05, 3.63) is 200 Å². The summed E-state index contributed by atoms with van der Waals surface area (Å²) in [6.07, 6.45) is 8.62. The smallest absolute Gasteiger partial charge is 0.502 e. The van der Waals surface area contributed by atoms with Gasteiger partial charge in [-0.3, -0.25) is 0 Å². The maximum absolute atomic E-state index is 6.85. The summed E-state index contributed by atoms with van der Waals surface area (Å²) in [6, 6.07) is 60.8. The van der Waals surface area contributed by atoms with Gasteiger partial charge in [0.1, 0.15) is 0 Å². The maximum atomic E-state index is 6.85. The van der Waals surface area contributed by atoms with Crippen molar-refractivity contribution in [2.45, 2.75) is 26.7 Å². The number of ether oxygens (including phenoxy) is 2. The second-order valence-corrected chi connectivity index (χ2v) is 14.5. The van der Waals surface area contributed by atoms with Gasteiger partial charge in [0, 0.05) is 47.8 Å². The molecule has 9 heteroatoms. The van der Waals surface area contributed by atoms with Gasteiger partial charge in [0.25, 0.3) is 0 Å². The molecule has 0 atom stereocenters. The van der Waals surface area contributed by atoms with Crippen LogP contribution in [-0.4, -0.2) is 24.5 Å². The van der Waals surface area contributed by atoms with E-state index in [1.54, 1.807) is 30.9 Å². The molecule has 6 aromatic carbocycles. The number of fused-ring (bicyclic) bond motifs is 3. The molecular formula is C54H37N5O2Pd2. The van der Waals surface area contributed by atoms with Crippen LogP contribution in [0.1, 0.15) is 25.0 Å². The van der Waals surface area contributed by atoms with Crippen LogP contribution in [0.2, 0.25) is 0 Å². The minimum Gasteiger partial charge on any atom is -0.502 e. The number of aryl methyl sites for hydroxylation is 2. The van der Waals surface area contributed by atoms with Gasteiger partial charge >= 0.3 is 40.8 Å². The maximum Gasteiger partial charge on any atom is 2.00 e.